The summed E-state index contributed by atoms with van der Waals surface area (Å²) in [4.78, 5) is 8.53. The van der Waals surface area contributed by atoms with Gasteiger partial charge in [-0.2, -0.15) is 0 Å². The van der Waals surface area contributed by atoms with Crippen molar-refractivity contribution in [1.29, 1.82) is 0 Å². The van der Waals surface area contributed by atoms with Crippen LogP contribution >= 0.6 is 11.3 Å². The van der Waals surface area contributed by atoms with Crippen molar-refractivity contribution in [3.8, 4) is 0 Å². The minimum Gasteiger partial charge on any atom is -0.391 e. The molecule has 0 spiro atoms. The molecule has 112 valence electrons. The number of anilines is 1. The van der Waals surface area contributed by atoms with Gasteiger partial charge in [-0.05, 0) is 37.5 Å². The molecule has 3 atom stereocenters. The lowest BCUT2D eigenvalue weighted by Crippen LogP contribution is -2.34. The largest absolute Gasteiger partial charge is 0.391 e. The van der Waals surface area contributed by atoms with Crippen LogP contribution in [-0.4, -0.2) is 22.7 Å². The Labute approximate surface area is 126 Å². The molecule has 1 N–H and O–H groups in total. The second-order valence-corrected chi connectivity index (χ2v) is 7.43. The van der Waals surface area contributed by atoms with Crippen LogP contribution in [0.25, 0.3) is 0 Å². The van der Waals surface area contributed by atoms with Gasteiger partial charge in [-0.25, -0.2) is 4.98 Å². The molecular formula is C16H26N2OS. The van der Waals surface area contributed by atoms with Crippen molar-refractivity contribution in [3.63, 3.8) is 0 Å². The van der Waals surface area contributed by atoms with Gasteiger partial charge in [0.05, 0.1) is 17.2 Å². The zero-order valence-corrected chi connectivity index (χ0v) is 13.5. The Morgan fingerprint density at radius 3 is 2.90 bits per heavy atom. The number of thiazole rings is 1. The van der Waals surface area contributed by atoms with Crippen molar-refractivity contribution in [1.82, 2.24) is 4.98 Å². The lowest BCUT2D eigenvalue weighted by molar-refractivity contribution is 0.283. The van der Waals surface area contributed by atoms with Gasteiger partial charge >= 0.3 is 0 Å². The summed E-state index contributed by atoms with van der Waals surface area (Å²) in [5.41, 5.74) is 1.13. The summed E-state index contributed by atoms with van der Waals surface area (Å²) in [6.07, 6.45) is 7.93. The maximum Gasteiger partial charge on any atom is 0.186 e. The first-order chi connectivity index (χ1) is 9.74. The van der Waals surface area contributed by atoms with E-state index in [0.717, 1.165) is 29.5 Å². The molecule has 0 amide bonds. The van der Waals surface area contributed by atoms with Crippen molar-refractivity contribution in [2.75, 3.05) is 11.4 Å². The Kier molecular flexibility index (Phi) is 4.32. The molecule has 0 aromatic carbocycles. The van der Waals surface area contributed by atoms with Crippen LogP contribution in [0.4, 0.5) is 5.13 Å². The smallest absolute Gasteiger partial charge is 0.186 e. The van der Waals surface area contributed by atoms with Gasteiger partial charge in [0.25, 0.3) is 0 Å². The number of rotatable bonds is 4. The summed E-state index contributed by atoms with van der Waals surface area (Å²) < 4.78 is 0. The van der Waals surface area contributed by atoms with Gasteiger partial charge in [-0.3, -0.25) is 0 Å². The molecule has 1 saturated heterocycles. The first-order valence-electron chi connectivity index (χ1n) is 8.11. The highest BCUT2D eigenvalue weighted by molar-refractivity contribution is 7.15. The van der Waals surface area contributed by atoms with Crippen LogP contribution in [0, 0.1) is 5.92 Å². The molecule has 2 fully saturated rings. The summed E-state index contributed by atoms with van der Waals surface area (Å²) >= 11 is 1.72. The highest BCUT2D eigenvalue weighted by Crippen LogP contribution is 2.41. The van der Waals surface area contributed by atoms with Gasteiger partial charge in [0.2, 0.25) is 0 Å². The Hall–Kier alpha value is -0.610. The van der Waals surface area contributed by atoms with E-state index in [9.17, 15) is 5.11 Å². The predicted octanol–water partition coefficient (Wildman–Crippen LogP) is 3.92. The molecule has 0 radical (unpaired) electrons. The standard InChI is InChI=1S/C16H26N2OS/c1-3-11(2)15-14(10-19)20-16(17-15)18-9-8-12-6-4-5-7-13(12)18/h11-13,19H,3-10H2,1-2H3. The van der Waals surface area contributed by atoms with Crippen molar-refractivity contribution >= 4 is 16.5 Å². The van der Waals surface area contributed by atoms with Gasteiger partial charge < -0.3 is 10.0 Å². The van der Waals surface area contributed by atoms with E-state index in [4.69, 9.17) is 4.98 Å². The van der Waals surface area contributed by atoms with Crippen LogP contribution in [0.3, 0.4) is 0 Å². The van der Waals surface area contributed by atoms with Gasteiger partial charge in [-0.1, -0.05) is 38.0 Å². The third-order valence-electron chi connectivity index (χ3n) is 5.19. The van der Waals surface area contributed by atoms with E-state index in [0.29, 0.717) is 12.0 Å². The topological polar surface area (TPSA) is 36.4 Å². The zero-order valence-electron chi connectivity index (χ0n) is 12.6. The molecule has 2 heterocycles. The average molecular weight is 294 g/mol. The van der Waals surface area contributed by atoms with Gasteiger partial charge in [0.1, 0.15) is 0 Å². The van der Waals surface area contributed by atoms with Crippen LogP contribution in [-0.2, 0) is 6.61 Å². The predicted molar refractivity (Wildman–Crippen MR) is 84.5 cm³/mol. The maximum absolute atomic E-state index is 9.60. The van der Waals surface area contributed by atoms with E-state index < -0.39 is 0 Å². The van der Waals surface area contributed by atoms with Gasteiger partial charge in [-0.15, -0.1) is 0 Å². The second kappa shape index (κ2) is 6.02. The van der Waals surface area contributed by atoms with Crippen molar-refractivity contribution in [2.45, 2.75) is 70.9 Å². The summed E-state index contributed by atoms with van der Waals surface area (Å²) in [5, 5.41) is 10.8. The Morgan fingerprint density at radius 2 is 2.15 bits per heavy atom. The normalized spacial score (nSPS) is 27.6. The van der Waals surface area contributed by atoms with Crippen LogP contribution < -0.4 is 4.90 Å². The fourth-order valence-corrected chi connectivity index (χ4v) is 4.93. The summed E-state index contributed by atoms with van der Waals surface area (Å²) in [6.45, 7) is 5.70. The Morgan fingerprint density at radius 1 is 1.35 bits per heavy atom. The van der Waals surface area contributed by atoms with E-state index in [1.807, 2.05) is 0 Å². The molecule has 1 saturated carbocycles. The first-order valence-corrected chi connectivity index (χ1v) is 8.93. The minimum atomic E-state index is 0.138. The van der Waals surface area contributed by atoms with Crippen LogP contribution in [0.5, 0.6) is 0 Å². The monoisotopic (exact) mass is 294 g/mol. The number of nitrogens with zero attached hydrogens (tertiary/aromatic N) is 2. The van der Waals surface area contributed by atoms with Crippen LogP contribution in [0.2, 0.25) is 0 Å². The number of aliphatic hydroxyl groups excluding tert-OH is 1. The summed E-state index contributed by atoms with van der Waals surface area (Å²) in [6, 6.07) is 0.714. The first kappa shape index (κ1) is 14.3. The van der Waals surface area contributed by atoms with Crippen LogP contribution in [0.1, 0.15) is 68.9 Å². The second-order valence-electron chi connectivity index (χ2n) is 6.37. The fourth-order valence-electron chi connectivity index (χ4n) is 3.81. The molecular weight excluding hydrogens is 268 g/mol. The number of fused-ring (bicyclic) bond motifs is 1. The molecule has 1 aromatic rings. The number of hydrogen-bond acceptors (Lipinski definition) is 4. The lowest BCUT2D eigenvalue weighted by atomic mass is 9.85. The van der Waals surface area contributed by atoms with E-state index in [-0.39, 0.29) is 6.61 Å². The summed E-state index contributed by atoms with van der Waals surface area (Å²) in [7, 11) is 0. The average Bonchev–Trinajstić information content (AvgIpc) is 3.09. The van der Waals surface area contributed by atoms with Crippen molar-refractivity contribution < 1.29 is 5.11 Å². The third-order valence-corrected chi connectivity index (χ3v) is 6.29. The molecule has 1 aromatic heterocycles. The molecule has 3 nitrogen and oxygen atoms in total. The number of aromatic nitrogens is 1. The zero-order chi connectivity index (χ0) is 14.1. The maximum atomic E-state index is 9.60. The van der Waals surface area contributed by atoms with E-state index in [1.165, 1.54) is 37.2 Å². The highest BCUT2D eigenvalue weighted by Gasteiger charge is 2.37. The SMILES string of the molecule is CCC(C)c1nc(N2CCC3CCCCC32)sc1CO. The number of hydrogen-bond donors (Lipinski definition) is 1. The molecule has 0 bridgehead atoms. The minimum absolute atomic E-state index is 0.138. The molecule has 20 heavy (non-hydrogen) atoms. The fraction of sp³-hybridized carbons (Fsp3) is 0.812. The van der Waals surface area contributed by atoms with Gasteiger partial charge in [0.15, 0.2) is 5.13 Å². The molecule has 3 unspecified atom stereocenters. The van der Waals surface area contributed by atoms with E-state index >= 15 is 0 Å². The lowest BCUT2D eigenvalue weighted by Gasteiger charge is -2.31. The van der Waals surface area contributed by atoms with E-state index in [2.05, 4.69) is 18.7 Å². The van der Waals surface area contributed by atoms with Crippen LogP contribution in [0.15, 0.2) is 0 Å². The molecule has 2 aliphatic rings. The number of aliphatic hydroxyl groups is 1. The third kappa shape index (κ3) is 2.48. The van der Waals surface area contributed by atoms with E-state index in [1.54, 1.807) is 11.3 Å². The Bertz CT molecular complexity index is 459. The van der Waals surface area contributed by atoms with Crippen molar-refractivity contribution in [3.05, 3.63) is 10.6 Å². The Balaban J connectivity index is 1.85. The molecule has 3 rings (SSSR count). The molecule has 4 heteroatoms. The molecule has 1 aliphatic heterocycles. The van der Waals surface area contributed by atoms with Crippen molar-refractivity contribution in [2.24, 2.45) is 5.92 Å². The molecule has 1 aliphatic carbocycles. The van der Waals surface area contributed by atoms with Gasteiger partial charge in [0, 0.05) is 12.6 Å². The quantitative estimate of drug-likeness (QED) is 0.914. The summed E-state index contributed by atoms with van der Waals surface area (Å²) in [5.74, 6) is 1.34. The highest BCUT2D eigenvalue weighted by atomic mass is 32.1.